The van der Waals surface area contributed by atoms with Crippen molar-refractivity contribution in [2.24, 2.45) is 5.41 Å². The Morgan fingerprint density at radius 3 is 2.52 bits per heavy atom. The van der Waals surface area contributed by atoms with E-state index in [0.29, 0.717) is 58.3 Å². The monoisotopic (exact) mass is 595 g/mol. The van der Waals surface area contributed by atoms with Crippen LogP contribution in [0, 0.1) is 5.41 Å². The lowest BCUT2D eigenvalue weighted by Crippen LogP contribution is -2.59. The van der Waals surface area contributed by atoms with Crippen molar-refractivity contribution in [1.82, 2.24) is 25.5 Å². The average Bonchev–Trinajstić information content (AvgIpc) is 3.46. The minimum atomic E-state index is -0.806. The number of anilines is 3. The van der Waals surface area contributed by atoms with Crippen LogP contribution in [-0.2, 0) is 14.4 Å². The third-order valence-electron chi connectivity index (χ3n) is 7.41. The van der Waals surface area contributed by atoms with Crippen molar-refractivity contribution in [3.8, 4) is 5.75 Å². The zero-order valence-electron chi connectivity index (χ0n) is 24.7. The smallest absolute Gasteiger partial charge is 0.247 e. The normalized spacial score (nSPS) is 16.5. The Hall–Kier alpha value is -3.96. The fourth-order valence-corrected chi connectivity index (χ4v) is 5.06. The van der Waals surface area contributed by atoms with Crippen LogP contribution >= 0.6 is 11.6 Å². The summed E-state index contributed by atoms with van der Waals surface area (Å²) in [5.74, 6) is -0.00535. The fourth-order valence-electron chi connectivity index (χ4n) is 4.87. The molecule has 1 aliphatic rings. The van der Waals surface area contributed by atoms with Crippen LogP contribution in [0.25, 0.3) is 10.9 Å². The summed E-state index contributed by atoms with van der Waals surface area (Å²) in [5, 5.41) is 13.2. The molecule has 0 aliphatic carbocycles. The molecule has 0 radical (unpaired) electrons. The van der Waals surface area contributed by atoms with Gasteiger partial charge in [0.1, 0.15) is 30.0 Å². The summed E-state index contributed by atoms with van der Waals surface area (Å²) in [6.07, 6.45) is 2.59. The second-order valence-corrected chi connectivity index (χ2v) is 11.8. The maximum atomic E-state index is 13.8. The summed E-state index contributed by atoms with van der Waals surface area (Å²) in [5.41, 5.74) is 1.11. The van der Waals surface area contributed by atoms with E-state index < -0.39 is 23.5 Å². The van der Waals surface area contributed by atoms with E-state index in [4.69, 9.17) is 16.3 Å². The number of rotatable bonds is 9. The third kappa shape index (κ3) is 6.74. The molecule has 0 bridgehead atoms. The minimum Gasteiger partial charge on any atom is -0.494 e. The summed E-state index contributed by atoms with van der Waals surface area (Å²) < 4.78 is 5.58. The number of nitrogens with one attached hydrogen (secondary N) is 4. The van der Waals surface area contributed by atoms with Crippen LogP contribution < -0.4 is 26.0 Å². The number of amides is 3. The molecule has 224 valence electrons. The molecule has 0 spiro atoms. The highest BCUT2D eigenvalue weighted by molar-refractivity contribution is 6.33. The summed E-state index contributed by atoms with van der Waals surface area (Å²) in [6.45, 7) is 7.81. The molecule has 3 amide bonds. The third-order valence-corrected chi connectivity index (χ3v) is 7.74. The number of carbonyl (C=O) groups is 3. The van der Waals surface area contributed by atoms with E-state index in [1.165, 1.54) is 13.4 Å². The number of para-hydroxylation sites is 1. The molecule has 0 saturated carbocycles. The highest BCUT2D eigenvalue weighted by Crippen LogP contribution is 2.35. The second kappa shape index (κ2) is 12.9. The van der Waals surface area contributed by atoms with Crippen LogP contribution in [0.5, 0.6) is 5.75 Å². The summed E-state index contributed by atoms with van der Waals surface area (Å²) in [7, 11) is 3.19. The Morgan fingerprint density at radius 1 is 1.12 bits per heavy atom. The minimum absolute atomic E-state index is 0.282. The molecule has 4 rings (SSSR count). The van der Waals surface area contributed by atoms with Crippen molar-refractivity contribution in [3.05, 3.63) is 47.7 Å². The maximum absolute atomic E-state index is 13.8. The van der Waals surface area contributed by atoms with Crippen LogP contribution in [0.2, 0.25) is 5.02 Å². The Labute approximate surface area is 250 Å². The first-order valence-electron chi connectivity index (χ1n) is 13.9. The highest BCUT2D eigenvalue weighted by Gasteiger charge is 2.42. The molecule has 2 aromatic carbocycles. The van der Waals surface area contributed by atoms with Gasteiger partial charge < -0.3 is 30.9 Å². The number of halogens is 1. The second-order valence-electron chi connectivity index (χ2n) is 11.4. The zero-order valence-corrected chi connectivity index (χ0v) is 25.5. The molecular weight excluding hydrogens is 558 g/mol. The van der Waals surface area contributed by atoms with Gasteiger partial charge in [-0.25, -0.2) is 9.97 Å². The fraction of sp³-hybridized carbons (Fsp3) is 0.433. The summed E-state index contributed by atoms with van der Waals surface area (Å²) >= 11 is 6.34. The SMILES string of the molecule is CNC(C)C(=O)NC(C(=O)N1CCCC1C(=O)Nc1cc2c(Nc3ccccc3Cl)ncnc2cc1OC)C(C)(C)C. The number of hydrogen-bond donors (Lipinski definition) is 4. The number of methoxy groups -OCH3 is 1. The van der Waals surface area contributed by atoms with E-state index in [2.05, 4.69) is 31.2 Å². The number of fused-ring (bicyclic) bond motifs is 1. The number of aromatic nitrogens is 2. The van der Waals surface area contributed by atoms with E-state index in [1.807, 2.05) is 39.0 Å². The molecule has 42 heavy (non-hydrogen) atoms. The zero-order chi connectivity index (χ0) is 30.6. The van der Waals surface area contributed by atoms with E-state index in [0.717, 1.165) is 0 Å². The van der Waals surface area contributed by atoms with Gasteiger partial charge in [-0.3, -0.25) is 14.4 Å². The largest absolute Gasteiger partial charge is 0.494 e. The van der Waals surface area contributed by atoms with Gasteiger partial charge in [-0.1, -0.05) is 44.5 Å². The highest BCUT2D eigenvalue weighted by atomic mass is 35.5. The topological polar surface area (TPSA) is 138 Å². The molecule has 3 aromatic rings. The number of benzene rings is 2. The molecule has 1 aromatic heterocycles. The van der Waals surface area contributed by atoms with Crippen LogP contribution in [0.4, 0.5) is 17.2 Å². The lowest BCUT2D eigenvalue weighted by atomic mass is 9.85. The number of likely N-dealkylation sites (tertiary alicyclic amines) is 1. The quantitative estimate of drug-likeness (QED) is 0.290. The molecule has 12 heteroatoms. The number of carbonyl (C=O) groups excluding carboxylic acids is 3. The number of nitrogens with zero attached hydrogens (tertiary/aromatic N) is 3. The molecule has 11 nitrogen and oxygen atoms in total. The van der Waals surface area contributed by atoms with E-state index >= 15 is 0 Å². The van der Waals surface area contributed by atoms with Crippen molar-refractivity contribution >= 4 is 57.4 Å². The average molecular weight is 596 g/mol. The van der Waals surface area contributed by atoms with Crippen molar-refractivity contribution < 1.29 is 19.1 Å². The maximum Gasteiger partial charge on any atom is 0.247 e. The van der Waals surface area contributed by atoms with E-state index in [9.17, 15) is 14.4 Å². The Bertz CT molecular complexity index is 1480. The van der Waals surface area contributed by atoms with Gasteiger partial charge in [-0.15, -0.1) is 0 Å². The molecule has 1 fully saturated rings. The van der Waals surface area contributed by atoms with Gasteiger partial charge in [-0.05, 0) is 50.4 Å². The lowest BCUT2D eigenvalue weighted by molar-refractivity contribution is -0.143. The molecule has 3 atom stereocenters. The number of hydrogen-bond acceptors (Lipinski definition) is 8. The predicted molar refractivity (Wildman–Crippen MR) is 164 cm³/mol. The van der Waals surface area contributed by atoms with Crippen LogP contribution in [0.15, 0.2) is 42.7 Å². The molecule has 2 heterocycles. The van der Waals surface area contributed by atoms with Crippen LogP contribution in [-0.4, -0.2) is 71.4 Å². The van der Waals surface area contributed by atoms with E-state index in [-0.39, 0.29) is 17.7 Å². The molecule has 1 aliphatic heterocycles. The first-order valence-corrected chi connectivity index (χ1v) is 14.3. The van der Waals surface area contributed by atoms with Crippen molar-refractivity contribution in [2.75, 3.05) is 31.3 Å². The molecule has 1 saturated heterocycles. The van der Waals surface area contributed by atoms with Gasteiger partial charge in [0.15, 0.2) is 0 Å². The summed E-state index contributed by atoms with van der Waals surface area (Å²) in [6, 6.07) is 8.77. The Morgan fingerprint density at radius 2 is 1.86 bits per heavy atom. The van der Waals surface area contributed by atoms with Gasteiger partial charge >= 0.3 is 0 Å². The van der Waals surface area contributed by atoms with E-state index in [1.54, 1.807) is 37.1 Å². The predicted octanol–water partition coefficient (Wildman–Crippen LogP) is 4.10. The van der Waals surface area contributed by atoms with Gasteiger partial charge in [0.2, 0.25) is 17.7 Å². The van der Waals surface area contributed by atoms with Crippen molar-refractivity contribution in [3.63, 3.8) is 0 Å². The van der Waals surface area contributed by atoms with Gasteiger partial charge in [0.05, 0.1) is 35.1 Å². The Balaban J connectivity index is 1.60. The standard InChI is InChI=1S/C30H38ClN7O4/c1-17(32-5)27(39)37-25(30(2,3)4)29(41)38-13-9-12-23(38)28(40)36-22-14-18-21(15-24(22)42-6)33-16-34-26(18)35-20-11-8-7-10-19(20)31/h7-8,10-11,14-17,23,25,32H,9,12-13H2,1-6H3,(H,36,40)(H,37,39)(H,33,34,35). The first-order chi connectivity index (χ1) is 19.9. The van der Waals surface area contributed by atoms with Gasteiger partial charge in [-0.2, -0.15) is 0 Å². The number of likely N-dealkylation sites (N-methyl/N-ethyl adjacent to an activating group) is 1. The number of ether oxygens (including phenoxy) is 1. The lowest BCUT2D eigenvalue weighted by Gasteiger charge is -2.36. The molecular formula is C30H38ClN7O4. The van der Waals surface area contributed by atoms with Gasteiger partial charge in [0, 0.05) is 18.0 Å². The first kappa shape index (κ1) is 31.0. The van der Waals surface area contributed by atoms with Gasteiger partial charge in [0.25, 0.3) is 0 Å². The molecule has 3 unspecified atom stereocenters. The van der Waals surface area contributed by atoms with Crippen LogP contribution in [0.3, 0.4) is 0 Å². The molecule has 4 N–H and O–H groups in total. The van der Waals surface area contributed by atoms with Crippen molar-refractivity contribution in [1.29, 1.82) is 0 Å². The summed E-state index contributed by atoms with van der Waals surface area (Å²) in [4.78, 5) is 50.5. The van der Waals surface area contributed by atoms with Crippen molar-refractivity contribution in [2.45, 2.75) is 58.7 Å². The van der Waals surface area contributed by atoms with Crippen LogP contribution in [0.1, 0.15) is 40.5 Å². The Kier molecular flexibility index (Phi) is 9.53.